The molecule has 0 aliphatic carbocycles. The van der Waals surface area contributed by atoms with Crippen LogP contribution in [0.15, 0.2) is 35.7 Å². The van der Waals surface area contributed by atoms with Crippen molar-refractivity contribution in [2.24, 2.45) is 5.92 Å². The molecule has 12 heavy (non-hydrogen) atoms. The summed E-state index contributed by atoms with van der Waals surface area (Å²) in [6, 6.07) is 0. The second-order valence-electron chi connectivity index (χ2n) is 3.03. The van der Waals surface area contributed by atoms with Crippen LogP contribution in [-0.2, 0) is 0 Å². The second kappa shape index (κ2) is 5.15. The van der Waals surface area contributed by atoms with E-state index in [0.29, 0.717) is 22.9 Å². The predicted octanol–water partition coefficient (Wildman–Crippen LogP) is 4.19. The average Bonchev–Trinajstić information content (AvgIpc) is 1.98. The van der Waals surface area contributed by atoms with Crippen molar-refractivity contribution in [2.45, 2.75) is 20.3 Å². The van der Waals surface area contributed by atoms with Crippen molar-refractivity contribution < 1.29 is 4.39 Å². The van der Waals surface area contributed by atoms with Gasteiger partial charge in [0, 0.05) is 10.6 Å². The fraction of sp³-hybridized carbons (Fsp3) is 0.400. The maximum absolute atomic E-state index is 12.8. The van der Waals surface area contributed by atoms with Gasteiger partial charge in [-0.1, -0.05) is 44.7 Å². The molecule has 68 valence electrons. The van der Waals surface area contributed by atoms with E-state index in [1.54, 1.807) is 0 Å². The van der Waals surface area contributed by atoms with Gasteiger partial charge >= 0.3 is 0 Å². The third kappa shape index (κ3) is 3.72. The van der Waals surface area contributed by atoms with Crippen molar-refractivity contribution in [2.75, 3.05) is 0 Å². The smallest absolute Gasteiger partial charge is 0.120 e. The number of rotatable bonds is 4. The summed E-state index contributed by atoms with van der Waals surface area (Å²) < 4.78 is 12.8. The van der Waals surface area contributed by atoms with Gasteiger partial charge in [-0.15, -0.1) is 0 Å². The molecule has 0 aliphatic rings. The van der Waals surface area contributed by atoms with E-state index in [1.807, 2.05) is 13.8 Å². The first-order valence-corrected chi connectivity index (χ1v) is 4.22. The highest BCUT2D eigenvalue weighted by molar-refractivity contribution is 6.31. The van der Waals surface area contributed by atoms with Gasteiger partial charge < -0.3 is 0 Å². The minimum Gasteiger partial charge on any atom is -0.207 e. The quantitative estimate of drug-likeness (QED) is 0.581. The molecule has 0 saturated carbocycles. The highest BCUT2D eigenvalue weighted by atomic mass is 35.5. The standard InChI is InChI=1S/C10H14ClF/c1-5-10(11)9(8(4)12)6-7(2)3/h5,7H,1,4,6H2,2-3H3/b10-9+. The molecule has 0 heterocycles. The minimum absolute atomic E-state index is 0.358. The molecule has 0 fully saturated rings. The van der Waals surface area contributed by atoms with Crippen LogP contribution < -0.4 is 0 Å². The molecule has 0 N–H and O–H groups in total. The molecule has 0 aromatic carbocycles. The highest BCUT2D eigenvalue weighted by Gasteiger charge is 2.08. The Kier molecular flexibility index (Phi) is 4.91. The Morgan fingerprint density at radius 1 is 1.58 bits per heavy atom. The summed E-state index contributed by atoms with van der Waals surface area (Å²) >= 11 is 5.73. The lowest BCUT2D eigenvalue weighted by Gasteiger charge is -2.08. The number of halogens is 2. The first-order valence-electron chi connectivity index (χ1n) is 3.84. The van der Waals surface area contributed by atoms with Crippen LogP contribution in [0.5, 0.6) is 0 Å². The van der Waals surface area contributed by atoms with Crippen LogP contribution in [0.25, 0.3) is 0 Å². The maximum atomic E-state index is 12.8. The van der Waals surface area contributed by atoms with E-state index in [9.17, 15) is 4.39 Å². The molecule has 0 nitrogen and oxygen atoms in total. The summed E-state index contributed by atoms with van der Waals surface area (Å²) in [5.41, 5.74) is 0.460. The Labute approximate surface area is 78.4 Å². The van der Waals surface area contributed by atoms with E-state index in [4.69, 9.17) is 11.6 Å². The normalized spacial score (nSPS) is 12.8. The lowest BCUT2D eigenvalue weighted by atomic mass is 10.0. The zero-order valence-electron chi connectivity index (χ0n) is 7.53. The lowest BCUT2D eigenvalue weighted by Crippen LogP contribution is -1.93. The van der Waals surface area contributed by atoms with Crippen molar-refractivity contribution in [3.05, 3.63) is 35.7 Å². The summed E-state index contributed by atoms with van der Waals surface area (Å²) in [5.74, 6) is -0.102. The van der Waals surface area contributed by atoms with Crippen molar-refractivity contribution in [1.82, 2.24) is 0 Å². The maximum Gasteiger partial charge on any atom is 0.120 e. The van der Waals surface area contributed by atoms with Crippen molar-refractivity contribution in [3.63, 3.8) is 0 Å². The molecule has 0 spiro atoms. The van der Waals surface area contributed by atoms with Crippen molar-refractivity contribution >= 4 is 11.6 Å². The zero-order chi connectivity index (χ0) is 9.72. The molecule has 0 aromatic heterocycles. The summed E-state index contributed by atoms with van der Waals surface area (Å²) in [5, 5.41) is 0.358. The van der Waals surface area contributed by atoms with Crippen LogP contribution >= 0.6 is 11.6 Å². The molecule has 0 aromatic rings. The molecule has 0 radical (unpaired) electrons. The van der Waals surface area contributed by atoms with Gasteiger partial charge in [0.1, 0.15) is 5.83 Å². The van der Waals surface area contributed by atoms with E-state index < -0.39 is 5.83 Å². The van der Waals surface area contributed by atoms with E-state index >= 15 is 0 Å². The summed E-state index contributed by atoms with van der Waals surface area (Å²) in [7, 11) is 0. The summed E-state index contributed by atoms with van der Waals surface area (Å²) in [4.78, 5) is 0. The highest BCUT2D eigenvalue weighted by Crippen LogP contribution is 2.25. The largest absolute Gasteiger partial charge is 0.207 e. The molecule has 0 unspecified atom stereocenters. The van der Waals surface area contributed by atoms with Crippen LogP contribution in [0.3, 0.4) is 0 Å². The van der Waals surface area contributed by atoms with Crippen LogP contribution in [0, 0.1) is 5.92 Å². The van der Waals surface area contributed by atoms with Crippen LogP contribution in [-0.4, -0.2) is 0 Å². The molecule has 0 saturated heterocycles. The molecule has 0 bridgehead atoms. The molecule has 0 amide bonds. The zero-order valence-corrected chi connectivity index (χ0v) is 8.29. The molecular formula is C10H14ClF. The van der Waals surface area contributed by atoms with Gasteiger partial charge in [-0.05, 0) is 12.3 Å². The van der Waals surface area contributed by atoms with Gasteiger partial charge in [0.05, 0.1) is 0 Å². The Hall–Kier alpha value is -0.560. The fourth-order valence-corrected chi connectivity index (χ4v) is 1.05. The Morgan fingerprint density at radius 3 is 2.33 bits per heavy atom. The molecular weight excluding hydrogens is 175 g/mol. The van der Waals surface area contributed by atoms with E-state index in [1.165, 1.54) is 6.08 Å². The van der Waals surface area contributed by atoms with E-state index in [0.717, 1.165) is 0 Å². The van der Waals surface area contributed by atoms with Gasteiger partial charge in [-0.2, -0.15) is 0 Å². The first kappa shape index (κ1) is 11.4. The molecule has 2 heteroatoms. The van der Waals surface area contributed by atoms with Gasteiger partial charge in [0.2, 0.25) is 0 Å². The topological polar surface area (TPSA) is 0 Å². The van der Waals surface area contributed by atoms with Crippen molar-refractivity contribution in [3.8, 4) is 0 Å². The van der Waals surface area contributed by atoms with Crippen LogP contribution in [0.4, 0.5) is 4.39 Å². The lowest BCUT2D eigenvalue weighted by molar-refractivity contribution is 0.589. The SMILES string of the molecule is C=C/C(Cl)=C(/CC(C)C)C(=C)F. The van der Waals surface area contributed by atoms with E-state index in [-0.39, 0.29) is 0 Å². The third-order valence-corrected chi connectivity index (χ3v) is 1.79. The Morgan fingerprint density at radius 2 is 2.08 bits per heavy atom. The minimum atomic E-state index is -0.464. The molecule has 0 rings (SSSR count). The summed E-state index contributed by atoms with van der Waals surface area (Å²) in [6.45, 7) is 10.7. The van der Waals surface area contributed by atoms with Crippen LogP contribution in [0.2, 0.25) is 0 Å². The summed E-state index contributed by atoms with van der Waals surface area (Å²) in [6.07, 6.45) is 2.03. The number of allylic oxidation sites excluding steroid dienone is 4. The van der Waals surface area contributed by atoms with Crippen molar-refractivity contribution in [1.29, 1.82) is 0 Å². The second-order valence-corrected chi connectivity index (χ2v) is 3.44. The van der Waals surface area contributed by atoms with Gasteiger partial charge in [-0.25, -0.2) is 4.39 Å². The van der Waals surface area contributed by atoms with E-state index in [2.05, 4.69) is 13.2 Å². The fourth-order valence-electron chi connectivity index (χ4n) is 0.869. The number of hydrogen-bond acceptors (Lipinski definition) is 0. The molecule has 0 atom stereocenters. The van der Waals surface area contributed by atoms with Crippen LogP contribution in [0.1, 0.15) is 20.3 Å². The Bertz CT molecular complexity index is 214. The first-order chi connectivity index (χ1) is 5.49. The molecule has 0 aliphatic heterocycles. The predicted molar refractivity (Wildman–Crippen MR) is 52.8 cm³/mol. The average molecular weight is 189 g/mol. The Balaban J connectivity index is 4.66. The third-order valence-electron chi connectivity index (χ3n) is 1.41. The van der Waals surface area contributed by atoms with Gasteiger partial charge in [0.25, 0.3) is 0 Å². The monoisotopic (exact) mass is 188 g/mol. The van der Waals surface area contributed by atoms with Gasteiger partial charge in [0.15, 0.2) is 0 Å². The van der Waals surface area contributed by atoms with Gasteiger partial charge in [-0.3, -0.25) is 0 Å². The number of hydrogen-bond donors (Lipinski definition) is 0.